The lowest BCUT2D eigenvalue weighted by Gasteiger charge is -2.17. The molecule has 0 aliphatic carbocycles. The van der Waals surface area contributed by atoms with Crippen LogP contribution in [0.15, 0.2) is 16.6 Å². The highest BCUT2D eigenvalue weighted by Crippen LogP contribution is 2.36. The smallest absolute Gasteiger partial charge is 0.251 e. The molecule has 0 unspecified atom stereocenters. The van der Waals surface area contributed by atoms with E-state index in [0.717, 1.165) is 0 Å². The van der Waals surface area contributed by atoms with Crippen molar-refractivity contribution in [2.24, 2.45) is 0 Å². The minimum Gasteiger partial charge on any atom is -0.493 e. The van der Waals surface area contributed by atoms with Gasteiger partial charge in [-0.3, -0.25) is 4.79 Å². The monoisotopic (exact) mass is 436 g/mol. The van der Waals surface area contributed by atoms with E-state index in [2.05, 4.69) is 21.2 Å². The summed E-state index contributed by atoms with van der Waals surface area (Å²) in [5.41, 5.74) is 0.433. The molecule has 0 spiro atoms. The molecule has 1 aromatic carbocycles. The summed E-state index contributed by atoms with van der Waals surface area (Å²) in [6, 6.07) is 3.28. The molecule has 0 saturated heterocycles. The summed E-state index contributed by atoms with van der Waals surface area (Å²) >= 11 is 3.38. The van der Waals surface area contributed by atoms with E-state index in [1.807, 2.05) is 6.92 Å². The van der Waals surface area contributed by atoms with Gasteiger partial charge in [-0.05, 0) is 41.4 Å². The number of carbonyl (C=O) groups is 1. The zero-order valence-corrected chi connectivity index (χ0v) is 17.4. The van der Waals surface area contributed by atoms with Crippen molar-refractivity contribution in [3.05, 3.63) is 22.2 Å². The van der Waals surface area contributed by atoms with Crippen LogP contribution in [-0.2, 0) is 10.0 Å². The molecule has 0 radical (unpaired) electrons. The normalized spacial score (nSPS) is 11.4. The number of nitrogens with zero attached hydrogens (tertiary/aromatic N) is 1. The quantitative estimate of drug-likeness (QED) is 0.568. The van der Waals surface area contributed by atoms with Gasteiger partial charge in [-0.1, -0.05) is 6.92 Å². The molecule has 1 N–H and O–H groups in total. The van der Waals surface area contributed by atoms with Crippen LogP contribution in [0.3, 0.4) is 0 Å². The zero-order valence-electron chi connectivity index (χ0n) is 15.0. The fourth-order valence-corrected chi connectivity index (χ4v) is 3.74. The number of hydrogen-bond acceptors (Lipinski definition) is 5. The first-order chi connectivity index (χ1) is 11.7. The van der Waals surface area contributed by atoms with Crippen LogP contribution in [0.4, 0.5) is 0 Å². The number of amides is 1. The molecule has 0 saturated carbocycles. The van der Waals surface area contributed by atoms with Gasteiger partial charge in [0.1, 0.15) is 0 Å². The van der Waals surface area contributed by atoms with Crippen LogP contribution in [0.25, 0.3) is 0 Å². The van der Waals surface area contributed by atoms with Crippen LogP contribution < -0.4 is 14.8 Å². The van der Waals surface area contributed by atoms with Gasteiger partial charge in [0.15, 0.2) is 11.5 Å². The van der Waals surface area contributed by atoms with Gasteiger partial charge in [0, 0.05) is 25.2 Å². The SMILES string of the molecule is CCOc1c(Br)cc(C(=O)NCCCN(CC)S(C)(=O)=O)cc1OC. The topological polar surface area (TPSA) is 84.9 Å². The molecule has 0 aliphatic heterocycles. The fourth-order valence-electron chi connectivity index (χ4n) is 2.25. The maximum absolute atomic E-state index is 12.3. The maximum Gasteiger partial charge on any atom is 0.251 e. The Labute approximate surface area is 157 Å². The van der Waals surface area contributed by atoms with Crippen LogP contribution in [0.5, 0.6) is 11.5 Å². The second kappa shape index (κ2) is 9.98. The third kappa shape index (κ3) is 6.48. The van der Waals surface area contributed by atoms with Crippen molar-refractivity contribution >= 4 is 31.9 Å². The second-order valence-electron chi connectivity index (χ2n) is 5.29. The fraction of sp³-hybridized carbons (Fsp3) is 0.562. The van der Waals surface area contributed by atoms with Crippen molar-refractivity contribution in [2.75, 3.05) is 39.6 Å². The third-order valence-corrected chi connectivity index (χ3v) is 5.44. The molecular formula is C16H25BrN2O5S. The molecule has 0 fully saturated rings. The first-order valence-electron chi connectivity index (χ1n) is 7.98. The van der Waals surface area contributed by atoms with Crippen molar-refractivity contribution in [1.29, 1.82) is 0 Å². The average molecular weight is 437 g/mol. The lowest BCUT2D eigenvalue weighted by Crippen LogP contribution is -2.33. The summed E-state index contributed by atoms with van der Waals surface area (Å²) < 4.78 is 35.8. The molecule has 1 aromatic rings. The zero-order chi connectivity index (χ0) is 19.0. The Balaban J connectivity index is 2.68. The molecule has 142 valence electrons. The molecule has 7 nitrogen and oxygen atoms in total. The van der Waals surface area contributed by atoms with Crippen molar-refractivity contribution < 1.29 is 22.7 Å². The molecule has 0 aliphatic rings. The summed E-state index contributed by atoms with van der Waals surface area (Å²) in [7, 11) is -1.70. The molecular weight excluding hydrogens is 412 g/mol. The highest BCUT2D eigenvalue weighted by Gasteiger charge is 2.16. The molecule has 0 heterocycles. The molecule has 0 bridgehead atoms. The largest absolute Gasteiger partial charge is 0.493 e. The number of nitrogens with one attached hydrogen (secondary N) is 1. The average Bonchev–Trinajstić information content (AvgIpc) is 2.55. The van der Waals surface area contributed by atoms with Crippen molar-refractivity contribution in [2.45, 2.75) is 20.3 Å². The van der Waals surface area contributed by atoms with E-state index >= 15 is 0 Å². The Morgan fingerprint density at radius 1 is 1.32 bits per heavy atom. The number of carbonyl (C=O) groups excluding carboxylic acids is 1. The van der Waals surface area contributed by atoms with E-state index in [9.17, 15) is 13.2 Å². The Kier molecular flexibility index (Phi) is 8.67. The molecule has 0 aromatic heterocycles. The molecule has 1 amide bonds. The number of hydrogen-bond donors (Lipinski definition) is 1. The van der Waals surface area contributed by atoms with Crippen molar-refractivity contribution in [3.8, 4) is 11.5 Å². The summed E-state index contributed by atoms with van der Waals surface area (Å²) in [4.78, 5) is 12.3. The first kappa shape index (κ1) is 21.7. The Hall–Kier alpha value is -1.32. The Morgan fingerprint density at radius 2 is 2.00 bits per heavy atom. The van der Waals surface area contributed by atoms with Gasteiger partial charge in [0.2, 0.25) is 10.0 Å². The van der Waals surface area contributed by atoms with Crippen LogP contribution in [0, 0.1) is 0 Å². The molecule has 0 atom stereocenters. The van der Waals surface area contributed by atoms with Crippen LogP contribution in [-0.4, -0.2) is 58.2 Å². The number of rotatable bonds is 10. The minimum absolute atomic E-state index is 0.260. The van der Waals surface area contributed by atoms with Gasteiger partial charge in [0.25, 0.3) is 5.91 Å². The van der Waals surface area contributed by atoms with E-state index in [-0.39, 0.29) is 5.91 Å². The molecule has 1 rings (SSSR count). The predicted octanol–water partition coefficient (Wildman–Crippen LogP) is 2.26. The summed E-state index contributed by atoms with van der Waals surface area (Å²) in [6.45, 7) is 5.28. The lowest BCUT2D eigenvalue weighted by atomic mass is 10.2. The second-order valence-corrected chi connectivity index (χ2v) is 8.12. The van der Waals surface area contributed by atoms with E-state index in [4.69, 9.17) is 9.47 Å². The predicted molar refractivity (Wildman–Crippen MR) is 101 cm³/mol. The highest BCUT2D eigenvalue weighted by molar-refractivity contribution is 9.10. The van der Waals surface area contributed by atoms with E-state index < -0.39 is 10.0 Å². The van der Waals surface area contributed by atoms with Gasteiger partial charge in [-0.2, -0.15) is 0 Å². The van der Waals surface area contributed by atoms with Crippen LogP contribution >= 0.6 is 15.9 Å². The van der Waals surface area contributed by atoms with Crippen LogP contribution in [0.1, 0.15) is 30.6 Å². The first-order valence-corrected chi connectivity index (χ1v) is 10.6. The summed E-state index contributed by atoms with van der Waals surface area (Å²) in [5, 5.41) is 2.78. The van der Waals surface area contributed by atoms with Crippen molar-refractivity contribution in [3.63, 3.8) is 0 Å². The van der Waals surface area contributed by atoms with Crippen LogP contribution in [0.2, 0.25) is 0 Å². The number of halogens is 1. The summed E-state index contributed by atoms with van der Waals surface area (Å²) in [5.74, 6) is 0.758. The molecule has 9 heteroatoms. The lowest BCUT2D eigenvalue weighted by molar-refractivity contribution is 0.0952. The Morgan fingerprint density at radius 3 is 2.52 bits per heavy atom. The van der Waals surface area contributed by atoms with Gasteiger partial charge in [0.05, 0.1) is 24.4 Å². The standard InChI is InChI=1S/C16H25BrN2O5S/c1-5-19(25(4,21)22)9-7-8-18-16(20)12-10-13(17)15(24-6-2)14(11-12)23-3/h10-11H,5-9H2,1-4H3,(H,18,20). The highest BCUT2D eigenvalue weighted by atomic mass is 79.9. The van der Waals surface area contributed by atoms with E-state index in [1.54, 1.807) is 19.1 Å². The Bertz CT molecular complexity index is 694. The number of sulfonamides is 1. The van der Waals surface area contributed by atoms with Gasteiger partial charge < -0.3 is 14.8 Å². The molecule has 25 heavy (non-hydrogen) atoms. The van der Waals surface area contributed by atoms with Gasteiger partial charge >= 0.3 is 0 Å². The number of benzene rings is 1. The van der Waals surface area contributed by atoms with E-state index in [0.29, 0.717) is 54.2 Å². The number of ether oxygens (including phenoxy) is 2. The number of methoxy groups -OCH3 is 1. The summed E-state index contributed by atoms with van der Waals surface area (Å²) in [6.07, 6.45) is 1.71. The van der Waals surface area contributed by atoms with Gasteiger partial charge in [-0.15, -0.1) is 0 Å². The van der Waals surface area contributed by atoms with Crippen molar-refractivity contribution in [1.82, 2.24) is 9.62 Å². The minimum atomic E-state index is -3.21. The van der Waals surface area contributed by atoms with Gasteiger partial charge in [-0.25, -0.2) is 12.7 Å². The van der Waals surface area contributed by atoms with E-state index in [1.165, 1.54) is 17.7 Å². The maximum atomic E-state index is 12.3. The third-order valence-electron chi connectivity index (χ3n) is 3.47.